The summed E-state index contributed by atoms with van der Waals surface area (Å²) < 4.78 is 11.0. The fourth-order valence-electron chi connectivity index (χ4n) is 1.24. The van der Waals surface area contributed by atoms with Gasteiger partial charge in [0.1, 0.15) is 5.76 Å². The second-order valence-electron chi connectivity index (χ2n) is 4.05. The number of esters is 1. The number of furan rings is 1. The Morgan fingerprint density at radius 3 is 2.79 bits per heavy atom. The monoisotopic (exact) mass is 377 g/mol. The molecule has 1 aromatic rings. The Kier molecular flexibility index (Phi) is 6.61. The van der Waals surface area contributed by atoms with Gasteiger partial charge in [0.05, 0.1) is 12.5 Å². The van der Waals surface area contributed by atoms with Crippen LogP contribution >= 0.6 is 22.6 Å². The van der Waals surface area contributed by atoms with Crippen LogP contribution in [0.3, 0.4) is 0 Å². The minimum absolute atomic E-state index is 0.135. The number of hydrogen-bond donors (Lipinski definition) is 1. The minimum atomic E-state index is -0.320. The van der Waals surface area contributed by atoms with Crippen molar-refractivity contribution in [2.75, 3.05) is 6.54 Å². The molecule has 1 rings (SSSR count). The molecule has 0 unspecified atom stereocenters. The summed E-state index contributed by atoms with van der Waals surface area (Å²) in [5.74, 6) is 0.0161. The van der Waals surface area contributed by atoms with Crippen molar-refractivity contribution < 1.29 is 18.7 Å². The highest BCUT2D eigenvalue weighted by Crippen LogP contribution is 2.11. The summed E-state index contributed by atoms with van der Waals surface area (Å²) in [6, 6.07) is 3.58. The molecule has 0 spiro atoms. The zero-order valence-corrected chi connectivity index (χ0v) is 13.0. The molecule has 0 aromatic carbocycles. The van der Waals surface area contributed by atoms with Gasteiger partial charge in [-0.3, -0.25) is 9.59 Å². The van der Waals surface area contributed by atoms with Crippen molar-refractivity contribution in [2.24, 2.45) is 0 Å². The van der Waals surface area contributed by atoms with Crippen LogP contribution in [0.25, 0.3) is 6.08 Å². The van der Waals surface area contributed by atoms with Crippen LogP contribution in [0.2, 0.25) is 0 Å². The average molecular weight is 377 g/mol. The third kappa shape index (κ3) is 7.00. The number of amides is 1. The molecule has 0 radical (unpaired) electrons. The van der Waals surface area contributed by atoms with Gasteiger partial charge in [0.15, 0.2) is 3.77 Å². The molecule has 0 saturated heterocycles. The Labute approximate surface area is 125 Å². The fraction of sp³-hybridized carbons (Fsp3) is 0.385. The number of carbonyl (C=O) groups is 2. The number of halogens is 1. The van der Waals surface area contributed by atoms with Crippen molar-refractivity contribution in [3.05, 3.63) is 27.7 Å². The van der Waals surface area contributed by atoms with E-state index >= 15 is 0 Å². The van der Waals surface area contributed by atoms with E-state index in [1.807, 2.05) is 22.6 Å². The molecule has 0 atom stereocenters. The van der Waals surface area contributed by atoms with E-state index in [0.717, 1.165) is 3.77 Å². The van der Waals surface area contributed by atoms with Crippen molar-refractivity contribution in [2.45, 2.75) is 26.4 Å². The highest BCUT2D eigenvalue weighted by atomic mass is 127. The quantitative estimate of drug-likeness (QED) is 0.470. The lowest BCUT2D eigenvalue weighted by Crippen LogP contribution is -2.25. The topological polar surface area (TPSA) is 68.5 Å². The van der Waals surface area contributed by atoms with Crippen LogP contribution < -0.4 is 5.32 Å². The number of hydrogen-bond acceptors (Lipinski definition) is 4. The lowest BCUT2D eigenvalue weighted by molar-refractivity contribution is -0.147. The van der Waals surface area contributed by atoms with E-state index in [1.165, 1.54) is 6.08 Å². The van der Waals surface area contributed by atoms with Crippen LogP contribution in [0.4, 0.5) is 0 Å². The van der Waals surface area contributed by atoms with E-state index in [4.69, 9.17) is 9.15 Å². The lowest BCUT2D eigenvalue weighted by Gasteiger charge is -2.07. The van der Waals surface area contributed by atoms with Crippen LogP contribution in [-0.4, -0.2) is 24.5 Å². The molecule has 104 valence electrons. The zero-order chi connectivity index (χ0) is 14.3. The smallest absolute Gasteiger partial charge is 0.307 e. The molecule has 19 heavy (non-hydrogen) atoms. The van der Waals surface area contributed by atoms with Gasteiger partial charge >= 0.3 is 5.97 Å². The third-order valence-electron chi connectivity index (χ3n) is 1.99. The number of nitrogens with one attached hydrogen (secondary N) is 1. The summed E-state index contributed by atoms with van der Waals surface area (Å²) in [5.41, 5.74) is 0. The first-order valence-corrected chi connectivity index (χ1v) is 6.96. The van der Waals surface area contributed by atoms with Gasteiger partial charge in [-0.1, -0.05) is 0 Å². The molecule has 0 fully saturated rings. The van der Waals surface area contributed by atoms with Crippen molar-refractivity contribution in [3.8, 4) is 0 Å². The maximum absolute atomic E-state index is 11.4. The highest BCUT2D eigenvalue weighted by molar-refractivity contribution is 14.1. The SMILES string of the molecule is CC(C)OC(=O)CCNC(=O)/C=C/c1ccc(I)o1. The van der Waals surface area contributed by atoms with Gasteiger partial charge < -0.3 is 14.5 Å². The Balaban J connectivity index is 2.25. The van der Waals surface area contributed by atoms with Gasteiger partial charge in [-0.05, 0) is 54.6 Å². The summed E-state index contributed by atoms with van der Waals surface area (Å²) >= 11 is 2.04. The second-order valence-corrected chi connectivity index (χ2v) is 5.12. The number of carbonyl (C=O) groups excluding carboxylic acids is 2. The van der Waals surface area contributed by atoms with Gasteiger partial charge in [0, 0.05) is 12.6 Å². The summed E-state index contributed by atoms with van der Waals surface area (Å²) in [5, 5.41) is 2.59. The second kappa shape index (κ2) is 7.98. The first-order chi connectivity index (χ1) is 8.97. The molecule has 0 aliphatic carbocycles. The molecule has 0 saturated carbocycles. The molecular formula is C13H16INO4. The molecule has 0 aliphatic heterocycles. The van der Waals surface area contributed by atoms with Crippen LogP contribution in [-0.2, 0) is 14.3 Å². The number of rotatable bonds is 6. The van der Waals surface area contributed by atoms with Gasteiger partial charge in [0.25, 0.3) is 0 Å². The Morgan fingerprint density at radius 1 is 1.47 bits per heavy atom. The molecular weight excluding hydrogens is 361 g/mol. The van der Waals surface area contributed by atoms with Crippen molar-refractivity contribution in [1.82, 2.24) is 5.32 Å². The summed E-state index contributed by atoms with van der Waals surface area (Å²) in [6.45, 7) is 3.82. The third-order valence-corrected chi connectivity index (χ3v) is 2.57. The Morgan fingerprint density at radius 2 is 2.21 bits per heavy atom. The first-order valence-electron chi connectivity index (χ1n) is 5.88. The molecule has 1 amide bonds. The van der Waals surface area contributed by atoms with Gasteiger partial charge in [-0.25, -0.2) is 0 Å². The summed E-state index contributed by atoms with van der Waals surface area (Å²) in [7, 11) is 0. The molecule has 1 heterocycles. The van der Waals surface area contributed by atoms with Crippen LogP contribution in [0, 0.1) is 3.77 Å². The van der Waals surface area contributed by atoms with E-state index in [-0.39, 0.29) is 30.9 Å². The van der Waals surface area contributed by atoms with Gasteiger partial charge in [-0.2, -0.15) is 0 Å². The van der Waals surface area contributed by atoms with Gasteiger partial charge in [0.2, 0.25) is 5.91 Å². The molecule has 0 aliphatic rings. The Hall–Kier alpha value is -1.31. The largest absolute Gasteiger partial charge is 0.463 e. The minimum Gasteiger partial charge on any atom is -0.463 e. The van der Waals surface area contributed by atoms with Crippen molar-refractivity contribution >= 4 is 40.5 Å². The Bertz CT molecular complexity index is 465. The highest BCUT2D eigenvalue weighted by Gasteiger charge is 2.05. The van der Waals surface area contributed by atoms with E-state index in [0.29, 0.717) is 5.76 Å². The molecule has 5 nitrogen and oxygen atoms in total. The zero-order valence-electron chi connectivity index (χ0n) is 10.8. The van der Waals surface area contributed by atoms with Gasteiger partial charge in [-0.15, -0.1) is 0 Å². The number of ether oxygens (including phenoxy) is 1. The lowest BCUT2D eigenvalue weighted by atomic mass is 10.3. The molecule has 6 heteroatoms. The van der Waals surface area contributed by atoms with Crippen LogP contribution in [0.1, 0.15) is 26.0 Å². The van der Waals surface area contributed by atoms with E-state index in [1.54, 1.807) is 32.1 Å². The first kappa shape index (κ1) is 15.7. The maximum Gasteiger partial charge on any atom is 0.307 e. The maximum atomic E-state index is 11.4. The van der Waals surface area contributed by atoms with E-state index < -0.39 is 0 Å². The summed E-state index contributed by atoms with van der Waals surface area (Å²) in [4.78, 5) is 22.6. The fourth-order valence-corrected chi connectivity index (χ4v) is 1.68. The normalized spacial score (nSPS) is 10.9. The predicted octanol–water partition coefficient (Wildman–Crippen LogP) is 2.36. The van der Waals surface area contributed by atoms with Crippen molar-refractivity contribution in [3.63, 3.8) is 0 Å². The molecule has 1 N–H and O–H groups in total. The van der Waals surface area contributed by atoms with Crippen molar-refractivity contribution in [1.29, 1.82) is 0 Å². The van der Waals surface area contributed by atoms with Crippen LogP contribution in [0.5, 0.6) is 0 Å². The molecule has 0 bridgehead atoms. The average Bonchev–Trinajstić information content (AvgIpc) is 2.71. The van der Waals surface area contributed by atoms with E-state index in [2.05, 4.69) is 5.32 Å². The predicted molar refractivity (Wildman–Crippen MR) is 79.3 cm³/mol. The molecule has 1 aromatic heterocycles. The van der Waals surface area contributed by atoms with E-state index in [9.17, 15) is 9.59 Å². The standard InChI is InChI=1S/C13H16INO4/c1-9(2)18-13(17)7-8-15-12(16)6-4-10-3-5-11(14)19-10/h3-6,9H,7-8H2,1-2H3,(H,15,16)/b6-4+. The summed E-state index contributed by atoms with van der Waals surface area (Å²) in [6.07, 6.45) is 2.97. The van der Waals surface area contributed by atoms with Crippen LogP contribution in [0.15, 0.2) is 22.6 Å².